The van der Waals surface area contributed by atoms with Crippen molar-refractivity contribution in [3.8, 4) is 0 Å². The van der Waals surface area contributed by atoms with Crippen LogP contribution < -0.4 is 10.2 Å². The highest BCUT2D eigenvalue weighted by molar-refractivity contribution is 7.18. The van der Waals surface area contributed by atoms with Crippen LogP contribution in [-0.4, -0.2) is 35.7 Å². The minimum atomic E-state index is -0.0201. The molecule has 0 spiro atoms. The van der Waals surface area contributed by atoms with Crippen LogP contribution in [0, 0.1) is 6.92 Å². The summed E-state index contributed by atoms with van der Waals surface area (Å²) in [5, 5.41) is 7.82. The molecule has 0 bridgehead atoms. The van der Waals surface area contributed by atoms with Crippen LogP contribution in [0.5, 0.6) is 0 Å². The molecule has 1 fully saturated rings. The van der Waals surface area contributed by atoms with E-state index in [0.717, 1.165) is 31.4 Å². The molecule has 4 rings (SSSR count). The molecule has 6 nitrogen and oxygen atoms in total. The van der Waals surface area contributed by atoms with E-state index < -0.39 is 0 Å². The maximum atomic E-state index is 12.2. The van der Waals surface area contributed by atoms with Gasteiger partial charge >= 0.3 is 0 Å². The minimum absolute atomic E-state index is 0.0201. The molecule has 3 aromatic rings. The van der Waals surface area contributed by atoms with Gasteiger partial charge in [-0.1, -0.05) is 17.3 Å². The Balaban J connectivity index is 1.39. The Kier molecular flexibility index (Phi) is 4.50. The zero-order chi connectivity index (χ0) is 17.2. The first-order valence-corrected chi connectivity index (χ1v) is 9.41. The molecular formula is C18H21N4O2S+. The van der Waals surface area contributed by atoms with E-state index in [1.54, 1.807) is 24.3 Å². The molecular weight excluding hydrogens is 336 g/mol. The van der Waals surface area contributed by atoms with E-state index in [2.05, 4.69) is 28.7 Å². The first-order valence-electron chi connectivity index (χ1n) is 8.59. The van der Waals surface area contributed by atoms with Crippen molar-refractivity contribution in [3.05, 3.63) is 41.1 Å². The van der Waals surface area contributed by atoms with Gasteiger partial charge in [0.25, 0.3) is 5.91 Å². The average Bonchev–Trinajstić information content (AvgIpc) is 3.21. The Labute approximate surface area is 149 Å². The Morgan fingerprint density at radius 2 is 2.32 bits per heavy atom. The van der Waals surface area contributed by atoms with Gasteiger partial charge in [0.05, 0.1) is 29.2 Å². The van der Waals surface area contributed by atoms with Gasteiger partial charge < -0.3 is 14.7 Å². The van der Waals surface area contributed by atoms with Crippen molar-refractivity contribution in [1.82, 2.24) is 10.1 Å². The fourth-order valence-electron chi connectivity index (χ4n) is 3.43. The molecule has 2 atom stereocenters. The van der Waals surface area contributed by atoms with Gasteiger partial charge in [-0.25, -0.2) is 4.98 Å². The number of benzene rings is 1. The van der Waals surface area contributed by atoms with Crippen LogP contribution in [0.1, 0.15) is 29.5 Å². The van der Waals surface area contributed by atoms with Crippen molar-refractivity contribution in [1.29, 1.82) is 0 Å². The topological polar surface area (TPSA) is 72.5 Å². The number of amides is 1. The summed E-state index contributed by atoms with van der Waals surface area (Å²) in [5.74, 6) is 1.59. The summed E-state index contributed by atoms with van der Waals surface area (Å²) in [7, 11) is 0. The maximum Gasteiger partial charge on any atom is 0.280 e. The monoisotopic (exact) mass is 357 g/mol. The van der Waals surface area contributed by atoms with Gasteiger partial charge in [-0.3, -0.25) is 4.79 Å². The van der Waals surface area contributed by atoms with Crippen molar-refractivity contribution in [3.63, 3.8) is 0 Å². The molecule has 0 radical (unpaired) electrons. The van der Waals surface area contributed by atoms with E-state index in [-0.39, 0.29) is 5.91 Å². The van der Waals surface area contributed by atoms with Gasteiger partial charge in [-0.05, 0) is 31.9 Å². The van der Waals surface area contributed by atoms with Gasteiger partial charge in [-0.15, -0.1) is 11.3 Å². The lowest BCUT2D eigenvalue weighted by atomic mass is 9.99. The number of thiazole rings is 1. The predicted octanol–water partition coefficient (Wildman–Crippen LogP) is 1.99. The summed E-state index contributed by atoms with van der Waals surface area (Å²) in [4.78, 5) is 18.3. The summed E-state index contributed by atoms with van der Waals surface area (Å²) in [6, 6.07) is 10.00. The van der Waals surface area contributed by atoms with Gasteiger partial charge in [-0.2, -0.15) is 0 Å². The summed E-state index contributed by atoms with van der Waals surface area (Å²) < 4.78 is 6.22. The summed E-state index contributed by atoms with van der Waals surface area (Å²) in [6.45, 7) is 4.23. The number of rotatable bonds is 4. The number of hydrogen-bond acceptors (Lipinski definition) is 5. The lowest BCUT2D eigenvalue weighted by molar-refractivity contribution is -0.898. The number of piperidine rings is 1. The fraction of sp³-hybridized carbons (Fsp3) is 0.389. The fourth-order valence-corrected chi connectivity index (χ4v) is 4.53. The van der Waals surface area contributed by atoms with Crippen LogP contribution >= 0.6 is 11.3 Å². The van der Waals surface area contributed by atoms with E-state index in [0.29, 0.717) is 24.0 Å². The number of quaternary nitrogens is 1. The molecule has 1 aliphatic heterocycles. The Morgan fingerprint density at radius 1 is 1.44 bits per heavy atom. The molecule has 7 heteroatoms. The highest BCUT2D eigenvalue weighted by Gasteiger charge is 2.28. The smallest absolute Gasteiger partial charge is 0.280 e. The van der Waals surface area contributed by atoms with Crippen molar-refractivity contribution in [2.45, 2.75) is 25.7 Å². The van der Waals surface area contributed by atoms with E-state index in [9.17, 15) is 4.79 Å². The van der Waals surface area contributed by atoms with Crippen LogP contribution in [0.15, 0.2) is 34.9 Å². The van der Waals surface area contributed by atoms with Gasteiger partial charge in [0.15, 0.2) is 12.4 Å². The van der Waals surface area contributed by atoms with Gasteiger partial charge in [0.1, 0.15) is 10.8 Å². The lowest BCUT2D eigenvalue weighted by Crippen LogP contribution is -3.14. The van der Waals surface area contributed by atoms with E-state index in [4.69, 9.17) is 9.51 Å². The molecule has 2 N–H and O–H groups in total. The van der Waals surface area contributed by atoms with Gasteiger partial charge in [0.2, 0.25) is 0 Å². The van der Waals surface area contributed by atoms with Gasteiger partial charge in [0, 0.05) is 6.07 Å². The van der Waals surface area contributed by atoms with Crippen LogP contribution in [0.2, 0.25) is 0 Å². The Hall–Kier alpha value is -2.25. The number of carbonyl (C=O) groups excluding carboxylic acids is 1. The Morgan fingerprint density at radius 3 is 3.12 bits per heavy atom. The third kappa shape index (κ3) is 3.72. The second-order valence-electron chi connectivity index (χ2n) is 6.61. The number of likely N-dealkylation sites (tertiary alicyclic amines) is 1. The molecule has 25 heavy (non-hydrogen) atoms. The summed E-state index contributed by atoms with van der Waals surface area (Å²) in [5.41, 5.74) is 1.08. The van der Waals surface area contributed by atoms with Crippen molar-refractivity contribution >= 4 is 33.3 Å². The molecule has 0 saturated carbocycles. The quantitative estimate of drug-likeness (QED) is 0.749. The maximum absolute atomic E-state index is 12.2. The third-order valence-corrected chi connectivity index (χ3v) is 5.78. The number of para-hydroxylation sites is 1. The molecule has 1 unspecified atom stereocenters. The van der Waals surface area contributed by atoms with Crippen LogP contribution in [-0.2, 0) is 4.79 Å². The predicted molar refractivity (Wildman–Crippen MR) is 97.0 cm³/mol. The zero-order valence-corrected chi connectivity index (χ0v) is 14.9. The standard InChI is InChI=1S/C18H20N4O2S/c1-12-9-16(21-24-12)20-17(23)11-22-8-4-5-13(10-22)18-19-14-6-2-3-7-15(14)25-18/h2-3,6-7,9,13H,4-5,8,10-11H2,1H3,(H,20,21,23)/p+1/t13-/m0/s1. The van der Waals surface area contributed by atoms with Crippen LogP contribution in [0.3, 0.4) is 0 Å². The molecule has 3 heterocycles. The summed E-state index contributed by atoms with van der Waals surface area (Å²) >= 11 is 1.78. The average molecular weight is 357 g/mol. The number of anilines is 1. The van der Waals surface area contributed by atoms with Crippen LogP contribution in [0.25, 0.3) is 10.2 Å². The summed E-state index contributed by atoms with van der Waals surface area (Å²) in [6.07, 6.45) is 2.26. The van der Waals surface area contributed by atoms with Crippen LogP contribution in [0.4, 0.5) is 5.82 Å². The number of carbonyl (C=O) groups is 1. The first-order chi connectivity index (χ1) is 12.2. The van der Waals surface area contributed by atoms with Crippen molar-refractivity contribution in [2.75, 3.05) is 25.0 Å². The number of fused-ring (bicyclic) bond motifs is 1. The number of aryl methyl sites for hydroxylation is 1. The molecule has 1 amide bonds. The molecule has 1 saturated heterocycles. The highest BCUT2D eigenvalue weighted by Crippen LogP contribution is 2.30. The van der Waals surface area contributed by atoms with E-state index in [1.807, 2.05) is 6.07 Å². The number of nitrogens with one attached hydrogen (secondary N) is 2. The normalized spacial score (nSPS) is 20.7. The molecule has 1 aromatic carbocycles. The molecule has 130 valence electrons. The third-order valence-electron chi connectivity index (χ3n) is 4.58. The SMILES string of the molecule is Cc1cc(NC(=O)C[NH+]2CCC[C@H](c3nc4ccccc4s3)C2)no1. The first kappa shape index (κ1) is 16.2. The highest BCUT2D eigenvalue weighted by atomic mass is 32.1. The second kappa shape index (κ2) is 6.93. The molecule has 1 aliphatic rings. The number of aromatic nitrogens is 2. The molecule has 0 aliphatic carbocycles. The Bertz CT molecular complexity index is 855. The molecule has 2 aromatic heterocycles. The largest absolute Gasteiger partial charge is 0.360 e. The van der Waals surface area contributed by atoms with Crippen molar-refractivity contribution in [2.24, 2.45) is 0 Å². The van der Waals surface area contributed by atoms with Crippen molar-refractivity contribution < 1.29 is 14.2 Å². The number of nitrogens with zero attached hydrogens (tertiary/aromatic N) is 2. The minimum Gasteiger partial charge on any atom is -0.360 e. The number of hydrogen-bond donors (Lipinski definition) is 2. The van der Waals surface area contributed by atoms with E-state index >= 15 is 0 Å². The lowest BCUT2D eigenvalue weighted by Gasteiger charge is -2.28. The van der Waals surface area contributed by atoms with E-state index in [1.165, 1.54) is 14.6 Å². The zero-order valence-electron chi connectivity index (χ0n) is 14.1. The second-order valence-corrected chi connectivity index (χ2v) is 7.67.